The van der Waals surface area contributed by atoms with Crippen LogP contribution < -0.4 is 10.1 Å². The first-order chi connectivity index (χ1) is 9.97. The minimum Gasteiger partial charge on any atom is -0.435 e. The first-order valence-electron chi connectivity index (χ1n) is 7.21. The molecule has 0 amide bonds. The van der Waals surface area contributed by atoms with E-state index in [2.05, 4.69) is 27.3 Å². The Morgan fingerprint density at radius 1 is 1.19 bits per heavy atom. The van der Waals surface area contributed by atoms with Gasteiger partial charge in [0.2, 0.25) is 5.88 Å². The van der Waals surface area contributed by atoms with Gasteiger partial charge in [0.05, 0.1) is 11.3 Å². The Morgan fingerprint density at radius 3 is 2.43 bits per heavy atom. The summed E-state index contributed by atoms with van der Waals surface area (Å²) in [6.07, 6.45) is 1.83. The average molecular weight is 289 g/mol. The molecule has 6 heteroatoms. The van der Waals surface area contributed by atoms with Crippen molar-refractivity contribution >= 4 is 5.82 Å². The molecule has 2 heterocycles. The fraction of sp³-hybridized carbons (Fsp3) is 0.533. The van der Waals surface area contributed by atoms with Gasteiger partial charge < -0.3 is 10.1 Å². The Kier molecular flexibility index (Phi) is 4.45. The second-order valence-electron chi connectivity index (χ2n) is 5.14. The van der Waals surface area contributed by atoms with E-state index >= 15 is 0 Å². The van der Waals surface area contributed by atoms with Crippen molar-refractivity contribution in [3.05, 3.63) is 22.8 Å². The summed E-state index contributed by atoms with van der Waals surface area (Å²) in [4.78, 5) is 9.06. The van der Waals surface area contributed by atoms with Crippen LogP contribution in [0.4, 0.5) is 5.82 Å². The summed E-state index contributed by atoms with van der Waals surface area (Å²) in [5.74, 6) is 2.96. The van der Waals surface area contributed by atoms with Crippen molar-refractivity contribution in [1.29, 1.82) is 0 Å². The van der Waals surface area contributed by atoms with E-state index in [0.717, 1.165) is 47.2 Å². The predicted molar refractivity (Wildman–Crippen MR) is 83.1 cm³/mol. The van der Waals surface area contributed by atoms with E-state index in [1.807, 2.05) is 39.5 Å². The predicted octanol–water partition coefficient (Wildman–Crippen LogP) is 2.92. The largest absolute Gasteiger partial charge is 0.435 e. The maximum absolute atomic E-state index is 6.05. The number of anilines is 1. The SMILES string of the molecule is CCCc1nc(NC)c(C)c(Oc2c(C)nn(C)c2C)n1. The molecule has 0 atom stereocenters. The highest BCUT2D eigenvalue weighted by Crippen LogP contribution is 2.31. The number of aromatic nitrogens is 4. The van der Waals surface area contributed by atoms with Crippen LogP contribution in [0.5, 0.6) is 11.6 Å². The van der Waals surface area contributed by atoms with Crippen LogP contribution in [0.25, 0.3) is 0 Å². The second kappa shape index (κ2) is 6.11. The number of hydrogen-bond acceptors (Lipinski definition) is 5. The van der Waals surface area contributed by atoms with E-state index in [4.69, 9.17) is 4.74 Å². The maximum Gasteiger partial charge on any atom is 0.227 e. The smallest absolute Gasteiger partial charge is 0.227 e. The van der Waals surface area contributed by atoms with Crippen molar-refractivity contribution in [1.82, 2.24) is 19.7 Å². The molecule has 0 spiro atoms. The minimum atomic E-state index is 0.594. The molecule has 0 aliphatic rings. The van der Waals surface area contributed by atoms with Crippen LogP contribution in [-0.4, -0.2) is 26.8 Å². The zero-order valence-corrected chi connectivity index (χ0v) is 13.6. The molecule has 1 N–H and O–H groups in total. The molecule has 2 aromatic heterocycles. The van der Waals surface area contributed by atoms with Gasteiger partial charge in [0.15, 0.2) is 5.75 Å². The van der Waals surface area contributed by atoms with Crippen molar-refractivity contribution in [2.75, 3.05) is 12.4 Å². The summed E-state index contributed by atoms with van der Waals surface area (Å²) in [5.41, 5.74) is 2.74. The summed E-state index contributed by atoms with van der Waals surface area (Å²) < 4.78 is 7.86. The van der Waals surface area contributed by atoms with Gasteiger partial charge in [-0.15, -0.1) is 0 Å². The summed E-state index contributed by atoms with van der Waals surface area (Å²) in [5, 5.41) is 7.47. The van der Waals surface area contributed by atoms with Gasteiger partial charge in [-0.25, -0.2) is 4.98 Å². The summed E-state index contributed by atoms with van der Waals surface area (Å²) in [7, 11) is 3.76. The van der Waals surface area contributed by atoms with Crippen molar-refractivity contribution in [3.63, 3.8) is 0 Å². The lowest BCUT2D eigenvalue weighted by Gasteiger charge is -2.13. The number of nitrogens with zero attached hydrogens (tertiary/aromatic N) is 4. The van der Waals surface area contributed by atoms with Crippen LogP contribution in [0.1, 0.15) is 36.1 Å². The highest BCUT2D eigenvalue weighted by Gasteiger charge is 2.16. The monoisotopic (exact) mass is 289 g/mol. The molecule has 0 aliphatic carbocycles. The van der Waals surface area contributed by atoms with Gasteiger partial charge in [-0.05, 0) is 27.2 Å². The van der Waals surface area contributed by atoms with Gasteiger partial charge in [0, 0.05) is 20.5 Å². The first kappa shape index (κ1) is 15.3. The molecule has 0 saturated heterocycles. The molecule has 0 saturated carbocycles. The Bertz CT molecular complexity index is 648. The Balaban J connectivity index is 2.45. The van der Waals surface area contributed by atoms with Crippen LogP contribution in [0.3, 0.4) is 0 Å². The van der Waals surface area contributed by atoms with Crippen LogP contribution in [-0.2, 0) is 13.5 Å². The van der Waals surface area contributed by atoms with Crippen LogP contribution in [0.2, 0.25) is 0 Å². The lowest BCUT2D eigenvalue weighted by atomic mass is 10.2. The fourth-order valence-corrected chi connectivity index (χ4v) is 2.22. The van der Waals surface area contributed by atoms with Crippen LogP contribution >= 0.6 is 0 Å². The van der Waals surface area contributed by atoms with E-state index in [-0.39, 0.29) is 0 Å². The number of hydrogen-bond donors (Lipinski definition) is 1. The molecular formula is C15H23N5O. The molecule has 6 nitrogen and oxygen atoms in total. The Hall–Kier alpha value is -2.11. The number of rotatable bonds is 5. The average Bonchev–Trinajstić information content (AvgIpc) is 2.68. The molecule has 114 valence electrons. The zero-order chi connectivity index (χ0) is 15.6. The standard InChI is InChI=1S/C15H23N5O/c1-7-8-12-17-14(16-5)9(2)15(18-12)21-13-10(3)19-20(6)11(13)4/h7-8H2,1-6H3,(H,16,17,18). The third-order valence-electron chi connectivity index (χ3n) is 3.50. The van der Waals surface area contributed by atoms with Crippen LogP contribution in [0, 0.1) is 20.8 Å². The molecule has 2 rings (SSSR count). The van der Waals surface area contributed by atoms with Crippen LogP contribution in [0.15, 0.2) is 0 Å². The molecule has 2 aromatic rings. The topological polar surface area (TPSA) is 64.9 Å². The normalized spacial score (nSPS) is 10.8. The van der Waals surface area contributed by atoms with E-state index in [1.54, 1.807) is 0 Å². The molecule has 0 unspecified atom stereocenters. The number of ether oxygens (including phenoxy) is 1. The molecule has 0 radical (unpaired) electrons. The van der Waals surface area contributed by atoms with Gasteiger partial charge in [-0.2, -0.15) is 10.1 Å². The zero-order valence-electron chi connectivity index (χ0n) is 13.6. The van der Waals surface area contributed by atoms with Gasteiger partial charge in [0.1, 0.15) is 17.3 Å². The lowest BCUT2D eigenvalue weighted by molar-refractivity contribution is 0.447. The maximum atomic E-state index is 6.05. The molecule has 0 fully saturated rings. The molecule has 0 bridgehead atoms. The second-order valence-corrected chi connectivity index (χ2v) is 5.14. The van der Waals surface area contributed by atoms with E-state index < -0.39 is 0 Å². The van der Waals surface area contributed by atoms with E-state index in [9.17, 15) is 0 Å². The molecular weight excluding hydrogens is 266 g/mol. The highest BCUT2D eigenvalue weighted by molar-refractivity contribution is 5.50. The molecule has 21 heavy (non-hydrogen) atoms. The van der Waals surface area contributed by atoms with Crippen molar-refractivity contribution in [3.8, 4) is 11.6 Å². The van der Waals surface area contributed by atoms with Gasteiger partial charge in [-0.1, -0.05) is 6.92 Å². The summed E-state index contributed by atoms with van der Waals surface area (Å²) in [6.45, 7) is 7.98. The fourth-order valence-electron chi connectivity index (χ4n) is 2.22. The Labute approximate surface area is 125 Å². The third-order valence-corrected chi connectivity index (χ3v) is 3.50. The first-order valence-corrected chi connectivity index (χ1v) is 7.21. The number of nitrogens with one attached hydrogen (secondary N) is 1. The minimum absolute atomic E-state index is 0.594. The highest BCUT2D eigenvalue weighted by atomic mass is 16.5. The summed E-state index contributed by atoms with van der Waals surface area (Å²) >= 11 is 0. The van der Waals surface area contributed by atoms with E-state index in [0.29, 0.717) is 5.88 Å². The van der Waals surface area contributed by atoms with Gasteiger partial charge in [-0.3, -0.25) is 4.68 Å². The van der Waals surface area contributed by atoms with E-state index in [1.165, 1.54) is 0 Å². The van der Waals surface area contributed by atoms with Gasteiger partial charge >= 0.3 is 0 Å². The quantitative estimate of drug-likeness (QED) is 0.916. The Morgan fingerprint density at radius 2 is 1.90 bits per heavy atom. The lowest BCUT2D eigenvalue weighted by Crippen LogP contribution is -2.05. The van der Waals surface area contributed by atoms with Crippen molar-refractivity contribution < 1.29 is 4.74 Å². The third kappa shape index (κ3) is 2.99. The molecule has 0 aromatic carbocycles. The van der Waals surface area contributed by atoms with Crippen molar-refractivity contribution in [2.24, 2.45) is 7.05 Å². The van der Waals surface area contributed by atoms with Crippen molar-refractivity contribution in [2.45, 2.75) is 40.5 Å². The number of aryl methyl sites for hydroxylation is 3. The summed E-state index contributed by atoms with van der Waals surface area (Å²) in [6, 6.07) is 0. The van der Waals surface area contributed by atoms with Gasteiger partial charge in [0.25, 0.3) is 0 Å². The molecule has 0 aliphatic heterocycles.